The number of carbonyl (C=O) groups is 2. The Labute approximate surface area is 149 Å². The van der Waals surface area contributed by atoms with E-state index >= 15 is 0 Å². The van der Waals surface area contributed by atoms with Gasteiger partial charge in [0.2, 0.25) is 11.8 Å². The molecule has 2 aromatic carbocycles. The molecule has 0 aliphatic carbocycles. The number of amides is 2. The molecule has 2 N–H and O–H groups in total. The van der Waals surface area contributed by atoms with Gasteiger partial charge in [-0.15, -0.1) is 0 Å². The summed E-state index contributed by atoms with van der Waals surface area (Å²) >= 11 is 0. The Morgan fingerprint density at radius 1 is 0.840 bits per heavy atom. The summed E-state index contributed by atoms with van der Waals surface area (Å²) in [6.45, 7) is 4.13. The van der Waals surface area contributed by atoms with Crippen LogP contribution in [0.3, 0.4) is 0 Å². The zero-order chi connectivity index (χ0) is 18.1. The average molecular weight is 338 g/mol. The Morgan fingerprint density at radius 2 is 1.48 bits per heavy atom. The standard InChI is InChI=1S/C21H26N2O2/c1-3-17-11-8-12-18(4-2)21(17)23-20(25)15-22-19(24)14-13-16-9-6-5-7-10-16/h5-12H,3-4,13-15H2,1-2H3,(H,22,24)(H,23,25). The van der Waals surface area contributed by atoms with Crippen LogP contribution in [0.25, 0.3) is 0 Å². The quantitative estimate of drug-likeness (QED) is 0.774. The summed E-state index contributed by atoms with van der Waals surface area (Å²) in [5, 5.41) is 5.65. The minimum absolute atomic E-state index is 0.00513. The first-order valence-electron chi connectivity index (χ1n) is 8.85. The van der Waals surface area contributed by atoms with Crippen molar-refractivity contribution >= 4 is 17.5 Å². The molecule has 132 valence electrons. The van der Waals surface area contributed by atoms with Gasteiger partial charge >= 0.3 is 0 Å². The van der Waals surface area contributed by atoms with Gasteiger partial charge in [-0.2, -0.15) is 0 Å². The molecule has 2 amide bonds. The maximum Gasteiger partial charge on any atom is 0.243 e. The van der Waals surface area contributed by atoms with E-state index in [2.05, 4.69) is 24.5 Å². The lowest BCUT2D eigenvalue weighted by atomic mass is 10.0. The van der Waals surface area contributed by atoms with Gasteiger partial charge in [0.1, 0.15) is 0 Å². The predicted molar refractivity (Wildman–Crippen MR) is 102 cm³/mol. The predicted octanol–water partition coefficient (Wildman–Crippen LogP) is 3.50. The van der Waals surface area contributed by atoms with Crippen LogP contribution in [0.1, 0.15) is 37.0 Å². The lowest BCUT2D eigenvalue weighted by Crippen LogP contribution is -2.33. The maximum atomic E-state index is 12.2. The maximum absolute atomic E-state index is 12.2. The number of aryl methyl sites for hydroxylation is 3. The first-order chi connectivity index (χ1) is 12.1. The zero-order valence-electron chi connectivity index (χ0n) is 15.0. The normalized spacial score (nSPS) is 10.3. The summed E-state index contributed by atoms with van der Waals surface area (Å²) in [5.41, 5.74) is 4.23. The third-order valence-electron chi connectivity index (χ3n) is 4.19. The van der Waals surface area contributed by atoms with Gasteiger partial charge in [0.15, 0.2) is 0 Å². The van der Waals surface area contributed by atoms with E-state index in [-0.39, 0.29) is 18.4 Å². The molecule has 0 bridgehead atoms. The van der Waals surface area contributed by atoms with Crippen molar-refractivity contribution in [3.63, 3.8) is 0 Å². The van der Waals surface area contributed by atoms with E-state index in [0.717, 1.165) is 35.2 Å². The van der Waals surface area contributed by atoms with Gasteiger partial charge in [-0.25, -0.2) is 0 Å². The molecule has 0 aromatic heterocycles. The Hall–Kier alpha value is -2.62. The number of hydrogen-bond donors (Lipinski definition) is 2. The molecule has 0 aliphatic heterocycles. The summed E-state index contributed by atoms with van der Waals surface area (Å²) < 4.78 is 0. The fourth-order valence-electron chi connectivity index (χ4n) is 2.76. The Morgan fingerprint density at radius 3 is 2.08 bits per heavy atom. The van der Waals surface area contributed by atoms with Gasteiger partial charge in [-0.1, -0.05) is 62.4 Å². The second-order valence-corrected chi connectivity index (χ2v) is 5.97. The van der Waals surface area contributed by atoms with E-state index < -0.39 is 0 Å². The van der Waals surface area contributed by atoms with Gasteiger partial charge in [-0.05, 0) is 36.0 Å². The van der Waals surface area contributed by atoms with Crippen LogP contribution in [0, 0.1) is 0 Å². The molecule has 2 aromatic rings. The highest BCUT2D eigenvalue weighted by molar-refractivity contribution is 5.95. The number of benzene rings is 2. The molecule has 0 spiro atoms. The highest BCUT2D eigenvalue weighted by Crippen LogP contribution is 2.22. The number of hydrogen-bond acceptors (Lipinski definition) is 2. The van der Waals surface area contributed by atoms with Gasteiger partial charge in [-0.3, -0.25) is 9.59 Å². The van der Waals surface area contributed by atoms with E-state index in [1.54, 1.807) is 0 Å². The highest BCUT2D eigenvalue weighted by Gasteiger charge is 2.11. The average Bonchev–Trinajstić information content (AvgIpc) is 2.65. The topological polar surface area (TPSA) is 58.2 Å². The van der Waals surface area contributed by atoms with Gasteiger partial charge in [0, 0.05) is 12.1 Å². The van der Waals surface area contributed by atoms with Gasteiger partial charge < -0.3 is 10.6 Å². The molecule has 0 saturated carbocycles. The number of rotatable bonds is 8. The molecule has 0 fully saturated rings. The van der Waals surface area contributed by atoms with E-state index in [1.165, 1.54) is 0 Å². The SMILES string of the molecule is CCc1cccc(CC)c1NC(=O)CNC(=O)CCc1ccccc1. The van der Waals surface area contributed by atoms with Crippen LogP contribution >= 0.6 is 0 Å². The number of para-hydroxylation sites is 1. The molecule has 0 saturated heterocycles. The lowest BCUT2D eigenvalue weighted by Gasteiger charge is -2.14. The van der Waals surface area contributed by atoms with Gasteiger partial charge in [0.05, 0.1) is 6.54 Å². The monoisotopic (exact) mass is 338 g/mol. The zero-order valence-corrected chi connectivity index (χ0v) is 15.0. The lowest BCUT2D eigenvalue weighted by molar-refractivity contribution is -0.124. The second kappa shape index (κ2) is 9.62. The number of nitrogens with one attached hydrogen (secondary N) is 2. The van der Waals surface area contributed by atoms with Crippen molar-refractivity contribution in [1.29, 1.82) is 0 Å². The number of carbonyl (C=O) groups excluding carboxylic acids is 2. The third-order valence-corrected chi connectivity index (χ3v) is 4.19. The summed E-state index contributed by atoms with van der Waals surface area (Å²) in [6, 6.07) is 15.9. The van der Waals surface area contributed by atoms with Crippen molar-refractivity contribution in [2.45, 2.75) is 39.5 Å². The second-order valence-electron chi connectivity index (χ2n) is 5.97. The minimum Gasteiger partial charge on any atom is -0.347 e. The summed E-state index contributed by atoms with van der Waals surface area (Å²) in [7, 11) is 0. The Bertz CT molecular complexity index is 689. The molecule has 2 rings (SSSR count). The molecule has 0 unspecified atom stereocenters. The molecular formula is C21H26N2O2. The first kappa shape index (κ1) is 18.7. The van der Waals surface area contributed by atoms with Crippen LogP contribution < -0.4 is 10.6 Å². The van der Waals surface area contributed by atoms with Crippen LogP contribution in [0.5, 0.6) is 0 Å². The first-order valence-corrected chi connectivity index (χ1v) is 8.85. The van der Waals surface area contributed by atoms with Crippen molar-refractivity contribution in [3.8, 4) is 0 Å². The van der Waals surface area contributed by atoms with Crippen LogP contribution in [-0.2, 0) is 28.9 Å². The molecule has 4 heteroatoms. The molecule has 0 radical (unpaired) electrons. The van der Waals surface area contributed by atoms with Crippen LogP contribution in [0.4, 0.5) is 5.69 Å². The van der Waals surface area contributed by atoms with E-state index in [0.29, 0.717) is 12.8 Å². The molecule has 25 heavy (non-hydrogen) atoms. The molecule has 4 nitrogen and oxygen atoms in total. The summed E-state index contributed by atoms with van der Waals surface area (Å²) in [5.74, 6) is -0.304. The summed E-state index contributed by atoms with van der Waals surface area (Å²) in [4.78, 5) is 24.1. The molecule has 0 atom stereocenters. The van der Waals surface area contributed by atoms with E-state index in [4.69, 9.17) is 0 Å². The van der Waals surface area contributed by atoms with Crippen molar-refractivity contribution in [2.75, 3.05) is 11.9 Å². The van der Waals surface area contributed by atoms with Crippen molar-refractivity contribution < 1.29 is 9.59 Å². The van der Waals surface area contributed by atoms with Crippen LogP contribution in [0.2, 0.25) is 0 Å². The smallest absolute Gasteiger partial charge is 0.243 e. The molecular weight excluding hydrogens is 312 g/mol. The molecule has 0 aliphatic rings. The fraction of sp³-hybridized carbons (Fsp3) is 0.333. The van der Waals surface area contributed by atoms with Crippen molar-refractivity contribution in [1.82, 2.24) is 5.32 Å². The van der Waals surface area contributed by atoms with Gasteiger partial charge in [0.25, 0.3) is 0 Å². The van der Waals surface area contributed by atoms with Crippen molar-refractivity contribution in [3.05, 3.63) is 65.2 Å². The van der Waals surface area contributed by atoms with E-state index in [9.17, 15) is 9.59 Å². The summed E-state index contributed by atoms with van der Waals surface area (Å²) in [6.07, 6.45) is 2.76. The Balaban J connectivity index is 1.83. The van der Waals surface area contributed by atoms with E-state index in [1.807, 2.05) is 48.5 Å². The Kier molecular flexibility index (Phi) is 7.20. The highest BCUT2D eigenvalue weighted by atomic mass is 16.2. The third kappa shape index (κ3) is 5.75. The van der Waals surface area contributed by atoms with Crippen LogP contribution in [0.15, 0.2) is 48.5 Å². The number of anilines is 1. The minimum atomic E-state index is -0.191. The fourth-order valence-corrected chi connectivity index (χ4v) is 2.76. The largest absolute Gasteiger partial charge is 0.347 e. The van der Waals surface area contributed by atoms with Crippen molar-refractivity contribution in [2.24, 2.45) is 0 Å². The van der Waals surface area contributed by atoms with Crippen LogP contribution in [-0.4, -0.2) is 18.4 Å². The molecule has 0 heterocycles.